The maximum Gasteiger partial charge on any atom is 0.273 e. The van der Waals surface area contributed by atoms with Gasteiger partial charge in [-0.3, -0.25) is 9.78 Å². The number of carbonyl (C=O) groups is 1. The molecule has 3 heterocycles. The fourth-order valence-electron chi connectivity index (χ4n) is 1.84. The van der Waals surface area contributed by atoms with Crippen LogP contribution in [-0.2, 0) is 6.54 Å². The van der Waals surface area contributed by atoms with Crippen molar-refractivity contribution in [2.24, 2.45) is 0 Å². The Kier molecular flexibility index (Phi) is 3.46. The average Bonchev–Trinajstić information content (AvgIpc) is 3.16. The Labute approximate surface area is 120 Å². The molecule has 0 aliphatic heterocycles. The molecule has 7 heteroatoms. The van der Waals surface area contributed by atoms with Crippen molar-refractivity contribution in [3.05, 3.63) is 54.0 Å². The van der Waals surface area contributed by atoms with Crippen molar-refractivity contribution in [3.63, 3.8) is 0 Å². The Morgan fingerprint density at radius 1 is 1.33 bits per heavy atom. The summed E-state index contributed by atoms with van der Waals surface area (Å²) in [4.78, 5) is 20.4. The van der Waals surface area contributed by atoms with Crippen LogP contribution in [0.5, 0.6) is 0 Å². The predicted octanol–water partition coefficient (Wildman–Crippen LogP) is 1.96. The topological polar surface area (TPSA) is 94.1 Å². The summed E-state index contributed by atoms with van der Waals surface area (Å²) in [6.07, 6.45) is 4.70. The van der Waals surface area contributed by atoms with E-state index in [-0.39, 0.29) is 18.1 Å². The van der Waals surface area contributed by atoms with E-state index in [0.717, 1.165) is 0 Å². The van der Waals surface area contributed by atoms with Crippen molar-refractivity contribution in [2.75, 3.05) is 0 Å². The Bertz CT molecular complexity index is 749. The highest BCUT2D eigenvalue weighted by atomic mass is 16.5. The zero-order valence-corrected chi connectivity index (χ0v) is 11.2. The molecule has 106 valence electrons. The normalized spacial score (nSPS) is 10.5. The molecule has 0 fully saturated rings. The van der Waals surface area contributed by atoms with Gasteiger partial charge in [-0.15, -0.1) is 0 Å². The number of hydrogen-bond donors (Lipinski definition) is 1. The van der Waals surface area contributed by atoms with Crippen LogP contribution in [0.25, 0.3) is 11.5 Å². The third kappa shape index (κ3) is 2.81. The molecule has 1 amide bonds. The molecule has 0 aliphatic rings. The zero-order chi connectivity index (χ0) is 14.7. The molecule has 21 heavy (non-hydrogen) atoms. The zero-order valence-electron chi connectivity index (χ0n) is 11.2. The lowest BCUT2D eigenvalue weighted by molar-refractivity contribution is 0.0941. The molecule has 0 aromatic carbocycles. The first-order chi connectivity index (χ1) is 10.2. The molecule has 0 atom stereocenters. The number of rotatable bonds is 4. The molecule has 3 aromatic heterocycles. The Balaban J connectivity index is 1.75. The first-order valence-electron chi connectivity index (χ1n) is 6.29. The van der Waals surface area contributed by atoms with E-state index < -0.39 is 0 Å². The van der Waals surface area contributed by atoms with E-state index in [0.29, 0.717) is 22.9 Å². The smallest absolute Gasteiger partial charge is 0.273 e. The SMILES string of the molecule is Cc1cc(C(=O)NCc2nccnc2-c2ccco2)no1. The van der Waals surface area contributed by atoms with Gasteiger partial charge in [0.25, 0.3) is 5.91 Å². The monoisotopic (exact) mass is 284 g/mol. The molecule has 0 aliphatic carbocycles. The van der Waals surface area contributed by atoms with Crippen LogP contribution < -0.4 is 5.32 Å². The van der Waals surface area contributed by atoms with Crippen LogP contribution in [0.3, 0.4) is 0 Å². The first kappa shape index (κ1) is 13.0. The van der Waals surface area contributed by atoms with E-state index in [1.165, 1.54) is 0 Å². The van der Waals surface area contributed by atoms with Gasteiger partial charge in [0.05, 0.1) is 18.5 Å². The van der Waals surface area contributed by atoms with E-state index in [4.69, 9.17) is 8.94 Å². The number of carbonyl (C=O) groups excluding carboxylic acids is 1. The molecule has 0 bridgehead atoms. The number of nitrogens with one attached hydrogen (secondary N) is 1. The third-order valence-electron chi connectivity index (χ3n) is 2.81. The third-order valence-corrected chi connectivity index (χ3v) is 2.81. The van der Waals surface area contributed by atoms with Crippen molar-refractivity contribution in [1.82, 2.24) is 20.4 Å². The van der Waals surface area contributed by atoms with Gasteiger partial charge in [0, 0.05) is 18.5 Å². The quantitative estimate of drug-likeness (QED) is 0.787. The molecule has 0 radical (unpaired) electrons. The number of amides is 1. The number of aryl methyl sites for hydroxylation is 1. The highest BCUT2D eigenvalue weighted by molar-refractivity contribution is 5.92. The highest BCUT2D eigenvalue weighted by Gasteiger charge is 2.14. The van der Waals surface area contributed by atoms with Crippen LogP contribution in [-0.4, -0.2) is 21.0 Å². The van der Waals surface area contributed by atoms with Crippen LogP contribution in [0.1, 0.15) is 21.9 Å². The lowest BCUT2D eigenvalue weighted by Crippen LogP contribution is -2.24. The van der Waals surface area contributed by atoms with Crippen molar-refractivity contribution in [3.8, 4) is 11.5 Å². The summed E-state index contributed by atoms with van der Waals surface area (Å²) in [7, 11) is 0. The van der Waals surface area contributed by atoms with Gasteiger partial charge in [0.2, 0.25) is 0 Å². The van der Waals surface area contributed by atoms with Gasteiger partial charge in [-0.05, 0) is 19.1 Å². The number of hydrogen-bond acceptors (Lipinski definition) is 6. The molecule has 7 nitrogen and oxygen atoms in total. The Morgan fingerprint density at radius 3 is 2.90 bits per heavy atom. The van der Waals surface area contributed by atoms with Crippen LogP contribution >= 0.6 is 0 Å². The summed E-state index contributed by atoms with van der Waals surface area (Å²) >= 11 is 0. The first-order valence-corrected chi connectivity index (χ1v) is 6.29. The molecule has 0 spiro atoms. The number of furan rings is 1. The largest absolute Gasteiger partial charge is 0.463 e. The van der Waals surface area contributed by atoms with Crippen molar-refractivity contribution in [2.45, 2.75) is 13.5 Å². The second-order valence-electron chi connectivity index (χ2n) is 4.33. The lowest BCUT2D eigenvalue weighted by atomic mass is 10.2. The van der Waals surface area contributed by atoms with Gasteiger partial charge in [-0.2, -0.15) is 0 Å². The van der Waals surface area contributed by atoms with E-state index in [2.05, 4.69) is 20.4 Å². The molecule has 0 unspecified atom stereocenters. The maximum atomic E-state index is 11.9. The van der Waals surface area contributed by atoms with Crippen molar-refractivity contribution >= 4 is 5.91 Å². The minimum atomic E-state index is -0.331. The number of aromatic nitrogens is 3. The lowest BCUT2D eigenvalue weighted by Gasteiger charge is -2.06. The van der Waals surface area contributed by atoms with Gasteiger partial charge in [-0.1, -0.05) is 5.16 Å². The van der Waals surface area contributed by atoms with E-state index in [1.807, 2.05) is 0 Å². The molecule has 0 saturated heterocycles. The minimum Gasteiger partial charge on any atom is -0.463 e. The van der Waals surface area contributed by atoms with Crippen LogP contribution in [0.15, 0.2) is 45.8 Å². The molecule has 3 aromatic rings. The average molecular weight is 284 g/mol. The van der Waals surface area contributed by atoms with Gasteiger partial charge in [0.15, 0.2) is 11.5 Å². The molecule has 1 N–H and O–H groups in total. The molecular formula is C14H12N4O3. The predicted molar refractivity (Wildman–Crippen MR) is 72.1 cm³/mol. The summed E-state index contributed by atoms with van der Waals surface area (Å²) in [5.74, 6) is 0.850. The Morgan fingerprint density at radius 2 is 2.19 bits per heavy atom. The fourth-order valence-corrected chi connectivity index (χ4v) is 1.84. The van der Waals surface area contributed by atoms with Gasteiger partial charge in [-0.25, -0.2) is 4.98 Å². The molecule has 0 saturated carbocycles. The Hall–Kier alpha value is -2.96. The van der Waals surface area contributed by atoms with E-state index in [9.17, 15) is 4.79 Å². The van der Waals surface area contributed by atoms with Crippen LogP contribution in [0, 0.1) is 6.92 Å². The van der Waals surface area contributed by atoms with Crippen LogP contribution in [0.2, 0.25) is 0 Å². The van der Waals surface area contributed by atoms with Crippen molar-refractivity contribution in [1.29, 1.82) is 0 Å². The molecular weight excluding hydrogens is 272 g/mol. The standard InChI is InChI=1S/C14H12N4O3/c1-9-7-10(18-21-9)14(19)17-8-11-13(16-5-4-15-11)12-3-2-6-20-12/h2-7H,8H2,1H3,(H,17,19). The number of nitrogens with zero attached hydrogens (tertiary/aromatic N) is 3. The van der Waals surface area contributed by atoms with E-state index in [1.54, 1.807) is 43.8 Å². The fraction of sp³-hybridized carbons (Fsp3) is 0.143. The highest BCUT2D eigenvalue weighted by Crippen LogP contribution is 2.19. The van der Waals surface area contributed by atoms with E-state index >= 15 is 0 Å². The summed E-state index contributed by atoms with van der Waals surface area (Å²) in [6.45, 7) is 1.94. The molecule has 3 rings (SSSR count). The summed E-state index contributed by atoms with van der Waals surface area (Å²) in [5, 5.41) is 6.38. The van der Waals surface area contributed by atoms with Gasteiger partial charge in [0.1, 0.15) is 11.5 Å². The minimum absolute atomic E-state index is 0.217. The summed E-state index contributed by atoms with van der Waals surface area (Å²) < 4.78 is 10.2. The summed E-state index contributed by atoms with van der Waals surface area (Å²) in [6, 6.07) is 5.13. The summed E-state index contributed by atoms with van der Waals surface area (Å²) in [5.41, 5.74) is 1.44. The maximum absolute atomic E-state index is 11.9. The van der Waals surface area contributed by atoms with Crippen molar-refractivity contribution < 1.29 is 13.7 Å². The van der Waals surface area contributed by atoms with Crippen LogP contribution in [0.4, 0.5) is 0 Å². The van der Waals surface area contributed by atoms with Gasteiger partial charge < -0.3 is 14.3 Å². The second-order valence-corrected chi connectivity index (χ2v) is 4.33. The van der Waals surface area contributed by atoms with Gasteiger partial charge >= 0.3 is 0 Å². The second kappa shape index (κ2) is 5.58.